The number of alkyl halides is 1. The van der Waals surface area contributed by atoms with E-state index in [0.717, 1.165) is 12.8 Å². The molecule has 1 unspecified atom stereocenters. The summed E-state index contributed by atoms with van der Waals surface area (Å²) in [5.74, 6) is 0. The van der Waals surface area contributed by atoms with E-state index < -0.39 is 7.32 Å². The second kappa shape index (κ2) is 5.14. The summed E-state index contributed by atoms with van der Waals surface area (Å²) in [6.45, 7) is 0.360. The van der Waals surface area contributed by atoms with Crippen molar-refractivity contribution in [1.29, 1.82) is 0 Å². The molecule has 0 saturated carbocycles. The molecule has 0 spiro atoms. The lowest BCUT2D eigenvalue weighted by Crippen LogP contribution is -2.24. The summed E-state index contributed by atoms with van der Waals surface area (Å²) in [6.07, 6.45) is 9.98. The lowest BCUT2D eigenvalue weighted by molar-refractivity contribution is 0.180. The first-order chi connectivity index (χ1) is 6.12. The van der Waals surface area contributed by atoms with E-state index in [0.29, 0.717) is 6.61 Å². The molecule has 0 fully saturated rings. The Morgan fingerprint density at radius 3 is 2.77 bits per heavy atom. The largest absolute Gasteiger partial charge is 0.633 e. The Labute approximate surface area is 91.8 Å². The zero-order chi connectivity index (χ0) is 9.73. The maximum Gasteiger partial charge on any atom is 0.633 e. The Morgan fingerprint density at radius 2 is 2.23 bits per heavy atom. The standard InChI is InChI=1S/C8H12BIO3/c10-8(4-2-1-3-5-8)6-7-13-9(11)12/h1-4,11-12H,5-7H2. The van der Waals surface area contributed by atoms with Gasteiger partial charge in [0, 0.05) is 10.0 Å². The highest BCUT2D eigenvalue weighted by atomic mass is 127. The van der Waals surface area contributed by atoms with Crippen molar-refractivity contribution in [1.82, 2.24) is 0 Å². The summed E-state index contributed by atoms with van der Waals surface area (Å²) in [7, 11) is -1.65. The van der Waals surface area contributed by atoms with Crippen LogP contribution in [0, 0.1) is 0 Å². The monoisotopic (exact) mass is 294 g/mol. The van der Waals surface area contributed by atoms with Gasteiger partial charge >= 0.3 is 7.32 Å². The van der Waals surface area contributed by atoms with E-state index in [-0.39, 0.29) is 3.42 Å². The van der Waals surface area contributed by atoms with Crippen LogP contribution in [0.3, 0.4) is 0 Å². The van der Waals surface area contributed by atoms with Crippen molar-refractivity contribution in [2.24, 2.45) is 0 Å². The highest BCUT2D eigenvalue weighted by Crippen LogP contribution is 2.31. The first kappa shape index (κ1) is 11.2. The summed E-state index contributed by atoms with van der Waals surface area (Å²) < 4.78 is 4.73. The van der Waals surface area contributed by atoms with Crippen LogP contribution in [0.15, 0.2) is 24.3 Å². The first-order valence-electron chi connectivity index (χ1n) is 4.13. The Morgan fingerprint density at radius 1 is 1.46 bits per heavy atom. The number of allylic oxidation sites excluding steroid dienone is 4. The molecule has 1 aliphatic carbocycles. The summed E-state index contributed by atoms with van der Waals surface area (Å²) >= 11 is 2.36. The topological polar surface area (TPSA) is 49.7 Å². The van der Waals surface area contributed by atoms with E-state index >= 15 is 0 Å². The summed E-state index contributed by atoms with van der Waals surface area (Å²) in [5, 5.41) is 16.9. The van der Waals surface area contributed by atoms with E-state index in [4.69, 9.17) is 10.0 Å². The number of hydrogen-bond donors (Lipinski definition) is 2. The second-order valence-corrected chi connectivity index (χ2v) is 5.12. The van der Waals surface area contributed by atoms with Gasteiger partial charge in [-0.2, -0.15) is 0 Å². The molecule has 0 aliphatic heterocycles. The minimum atomic E-state index is -1.65. The fraction of sp³-hybridized carbons (Fsp3) is 0.500. The zero-order valence-corrected chi connectivity index (χ0v) is 9.35. The maximum absolute atomic E-state index is 8.46. The Bertz CT molecular complexity index is 217. The Hall–Kier alpha value is 0.155. The van der Waals surface area contributed by atoms with Crippen LogP contribution in [-0.4, -0.2) is 27.4 Å². The smallest absolute Gasteiger partial charge is 0.402 e. The number of hydrogen-bond acceptors (Lipinski definition) is 3. The minimum Gasteiger partial charge on any atom is -0.402 e. The van der Waals surface area contributed by atoms with Crippen LogP contribution in [0.5, 0.6) is 0 Å². The predicted molar refractivity (Wildman–Crippen MR) is 60.4 cm³/mol. The molecule has 5 heteroatoms. The number of rotatable bonds is 4. The van der Waals surface area contributed by atoms with Crippen LogP contribution in [0.2, 0.25) is 0 Å². The molecule has 0 radical (unpaired) electrons. The zero-order valence-electron chi connectivity index (χ0n) is 7.19. The molecule has 1 rings (SSSR count). The van der Waals surface area contributed by atoms with Crippen molar-refractivity contribution < 1.29 is 14.7 Å². The molecule has 0 bridgehead atoms. The normalized spacial score (nSPS) is 26.4. The van der Waals surface area contributed by atoms with Crippen LogP contribution < -0.4 is 0 Å². The molecule has 0 saturated heterocycles. The summed E-state index contributed by atoms with van der Waals surface area (Å²) in [6, 6.07) is 0. The molecule has 72 valence electrons. The average Bonchev–Trinajstić information content (AvgIpc) is 2.04. The molecule has 1 atom stereocenters. The maximum atomic E-state index is 8.46. The SMILES string of the molecule is OB(O)OCCC1(I)C=CC=CC1. The van der Waals surface area contributed by atoms with Crippen molar-refractivity contribution >= 4 is 29.9 Å². The van der Waals surface area contributed by atoms with E-state index in [1.165, 1.54) is 0 Å². The lowest BCUT2D eigenvalue weighted by Gasteiger charge is -2.24. The summed E-state index contributed by atoms with van der Waals surface area (Å²) in [4.78, 5) is 0. The van der Waals surface area contributed by atoms with Crippen LogP contribution in [0.25, 0.3) is 0 Å². The van der Waals surface area contributed by atoms with Gasteiger partial charge in [-0.15, -0.1) is 0 Å². The van der Waals surface area contributed by atoms with Crippen molar-refractivity contribution in [3.63, 3.8) is 0 Å². The molecule has 1 aliphatic rings. The fourth-order valence-corrected chi connectivity index (χ4v) is 1.84. The third-order valence-corrected chi connectivity index (χ3v) is 3.22. The Balaban J connectivity index is 2.27. The molecule has 2 N–H and O–H groups in total. The van der Waals surface area contributed by atoms with E-state index in [2.05, 4.69) is 39.4 Å². The van der Waals surface area contributed by atoms with E-state index in [1.54, 1.807) is 0 Å². The second-order valence-electron chi connectivity index (χ2n) is 2.97. The third-order valence-electron chi connectivity index (χ3n) is 1.88. The van der Waals surface area contributed by atoms with Crippen molar-refractivity contribution in [2.45, 2.75) is 16.3 Å². The van der Waals surface area contributed by atoms with Gasteiger partial charge in [0.1, 0.15) is 0 Å². The van der Waals surface area contributed by atoms with Crippen molar-refractivity contribution in [3.05, 3.63) is 24.3 Å². The number of halogens is 1. The fourth-order valence-electron chi connectivity index (χ4n) is 1.16. The van der Waals surface area contributed by atoms with Crippen LogP contribution in [0.1, 0.15) is 12.8 Å². The van der Waals surface area contributed by atoms with Crippen LogP contribution in [0.4, 0.5) is 0 Å². The predicted octanol–water partition coefficient (Wildman–Crippen LogP) is 1.05. The lowest BCUT2D eigenvalue weighted by atomic mass is 9.97. The molecular weight excluding hydrogens is 282 g/mol. The van der Waals surface area contributed by atoms with Gasteiger partial charge in [-0.05, 0) is 12.8 Å². The molecule has 0 heterocycles. The van der Waals surface area contributed by atoms with Gasteiger partial charge in [0.25, 0.3) is 0 Å². The first-order valence-corrected chi connectivity index (χ1v) is 5.21. The molecule has 0 aromatic carbocycles. The van der Waals surface area contributed by atoms with Gasteiger partial charge in [0.05, 0.1) is 0 Å². The minimum absolute atomic E-state index is 0.0708. The summed E-state index contributed by atoms with van der Waals surface area (Å²) in [5.41, 5.74) is 0. The van der Waals surface area contributed by atoms with E-state index in [9.17, 15) is 0 Å². The molecule has 13 heavy (non-hydrogen) atoms. The third kappa shape index (κ3) is 4.26. The quantitative estimate of drug-likeness (QED) is 0.463. The molecule has 0 amide bonds. The van der Waals surface area contributed by atoms with Gasteiger partial charge in [-0.3, -0.25) is 0 Å². The van der Waals surface area contributed by atoms with E-state index in [1.807, 2.05) is 12.2 Å². The van der Waals surface area contributed by atoms with Crippen LogP contribution >= 0.6 is 22.6 Å². The molecule has 0 aromatic rings. The highest BCUT2D eigenvalue weighted by Gasteiger charge is 2.23. The molecule has 0 aromatic heterocycles. The highest BCUT2D eigenvalue weighted by molar-refractivity contribution is 14.1. The van der Waals surface area contributed by atoms with Gasteiger partial charge in [-0.25, -0.2) is 0 Å². The molecular formula is C8H12BIO3. The van der Waals surface area contributed by atoms with Gasteiger partial charge in [0.2, 0.25) is 0 Å². The van der Waals surface area contributed by atoms with Crippen LogP contribution in [-0.2, 0) is 4.65 Å². The van der Waals surface area contributed by atoms with Crippen molar-refractivity contribution in [2.75, 3.05) is 6.61 Å². The average molecular weight is 294 g/mol. The van der Waals surface area contributed by atoms with Gasteiger partial charge in [-0.1, -0.05) is 46.9 Å². The van der Waals surface area contributed by atoms with Gasteiger partial charge < -0.3 is 14.7 Å². The Kier molecular flexibility index (Phi) is 4.44. The van der Waals surface area contributed by atoms with Gasteiger partial charge in [0.15, 0.2) is 0 Å². The van der Waals surface area contributed by atoms with Crippen molar-refractivity contribution in [3.8, 4) is 0 Å². The molecule has 3 nitrogen and oxygen atoms in total.